The lowest BCUT2D eigenvalue weighted by Gasteiger charge is -2.15. The van der Waals surface area contributed by atoms with Crippen LogP contribution in [0.3, 0.4) is 0 Å². The van der Waals surface area contributed by atoms with E-state index in [0.717, 1.165) is 0 Å². The second kappa shape index (κ2) is 7.80. The number of hydrogen-bond acceptors (Lipinski definition) is 5. The Balaban J connectivity index is 1.83. The molecule has 0 fully saturated rings. The standard InChI is InChI=1S/C25H10F6O5/c26-24(27,28)35-22(33)20(23(34)36-25(29,30)31)18-13-7-3-2-6-12(13)17-16(18)10-9-14-11-5-1-4-8-15(11)21(32)19(14)17/h1-10H. The smallest absolute Gasteiger partial charge is 0.369 e. The number of esters is 2. The largest absolute Gasteiger partial charge is 0.575 e. The molecule has 0 radical (unpaired) electrons. The van der Waals surface area contributed by atoms with E-state index in [2.05, 4.69) is 9.47 Å². The first-order valence-corrected chi connectivity index (χ1v) is 10.1. The summed E-state index contributed by atoms with van der Waals surface area (Å²) < 4.78 is 83.7. The number of fused-ring (bicyclic) bond motifs is 7. The van der Waals surface area contributed by atoms with E-state index in [1.165, 1.54) is 36.4 Å². The quantitative estimate of drug-likeness (QED) is 0.0999. The summed E-state index contributed by atoms with van der Waals surface area (Å²) in [5, 5.41) is 0. The van der Waals surface area contributed by atoms with E-state index in [-0.39, 0.29) is 27.8 Å². The van der Waals surface area contributed by atoms with E-state index in [1.807, 2.05) is 0 Å². The van der Waals surface area contributed by atoms with Gasteiger partial charge in [-0.05, 0) is 27.8 Å². The number of benzene rings is 3. The number of carbonyl (C=O) groups is 3. The first-order chi connectivity index (χ1) is 16.9. The van der Waals surface area contributed by atoms with Gasteiger partial charge in [0.05, 0.1) is 0 Å². The molecule has 0 saturated carbocycles. The molecule has 0 aliphatic heterocycles. The second-order valence-corrected chi connectivity index (χ2v) is 7.75. The maximum Gasteiger partial charge on any atom is 0.575 e. The molecule has 0 spiro atoms. The molecule has 0 aromatic heterocycles. The van der Waals surface area contributed by atoms with Crippen molar-refractivity contribution in [3.8, 4) is 22.3 Å². The third-order valence-electron chi connectivity index (χ3n) is 5.70. The SMILES string of the molecule is O=C(OC(F)(F)F)C(C(=O)OC(F)(F)F)=C1c2ccccc2-c2c1ccc1c2C(=O)c2ccccc2-1. The van der Waals surface area contributed by atoms with Gasteiger partial charge in [-0.25, -0.2) is 9.59 Å². The third-order valence-corrected chi connectivity index (χ3v) is 5.70. The summed E-state index contributed by atoms with van der Waals surface area (Å²) in [7, 11) is 0. The van der Waals surface area contributed by atoms with Crippen LogP contribution in [0, 0.1) is 0 Å². The van der Waals surface area contributed by atoms with Crippen LogP contribution in [-0.2, 0) is 19.1 Å². The average Bonchev–Trinajstić information content (AvgIpc) is 3.25. The number of hydrogen-bond donors (Lipinski definition) is 0. The predicted octanol–water partition coefficient (Wildman–Crippen LogP) is 5.81. The van der Waals surface area contributed by atoms with Crippen molar-refractivity contribution in [3.63, 3.8) is 0 Å². The van der Waals surface area contributed by atoms with Gasteiger partial charge in [0.1, 0.15) is 0 Å². The number of rotatable bonds is 2. The molecule has 0 N–H and O–H groups in total. The summed E-state index contributed by atoms with van der Waals surface area (Å²) in [5.41, 5.74) is -0.357. The van der Waals surface area contributed by atoms with Crippen molar-refractivity contribution in [2.75, 3.05) is 0 Å². The van der Waals surface area contributed by atoms with Crippen LogP contribution >= 0.6 is 0 Å². The Bertz CT molecular complexity index is 1480. The van der Waals surface area contributed by atoms with E-state index in [0.29, 0.717) is 16.7 Å². The molecular formula is C25H10F6O5. The van der Waals surface area contributed by atoms with Gasteiger partial charge in [-0.2, -0.15) is 0 Å². The zero-order valence-corrected chi connectivity index (χ0v) is 17.6. The predicted molar refractivity (Wildman–Crippen MR) is 111 cm³/mol. The molecule has 182 valence electrons. The van der Waals surface area contributed by atoms with Gasteiger partial charge in [0.15, 0.2) is 11.4 Å². The summed E-state index contributed by atoms with van der Waals surface area (Å²) in [4.78, 5) is 38.1. The molecular weight excluding hydrogens is 494 g/mol. The van der Waals surface area contributed by atoms with Crippen LogP contribution in [-0.4, -0.2) is 30.4 Å². The van der Waals surface area contributed by atoms with Crippen LogP contribution in [0.15, 0.2) is 66.2 Å². The van der Waals surface area contributed by atoms with Crippen LogP contribution < -0.4 is 0 Å². The third kappa shape index (κ3) is 3.72. The van der Waals surface area contributed by atoms with Gasteiger partial charge < -0.3 is 9.47 Å². The molecule has 0 saturated heterocycles. The fraction of sp³-hybridized carbons (Fsp3) is 0.0800. The number of halogens is 6. The van der Waals surface area contributed by atoms with Crippen LogP contribution in [0.2, 0.25) is 0 Å². The minimum Gasteiger partial charge on any atom is -0.369 e. The average molecular weight is 504 g/mol. The van der Waals surface area contributed by atoms with Crippen molar-refractivity contribution in [3.05, 3.63) is 88.5 Å². The van der Waals surface area contributed by atoms with E-state index >= 15 is 0 Å². The summed E-state index contributed by atoms with van der Waals surface area (Å²) in [5.74, 6) is -5.19. The van der Waals surface area contributed by atoms with Gasteiger partial charge in [-0.3, -0.25) is 4.79 Å². The Kier molecular flexibility index (Phi) is 5.06. The minimum absolute atomic E-state index is 0.0436. The Labute approximate surface area is 197 Å². The summed E-state index contributed by atoms with van der Waals surface area (Å²) in [6, 6.07) is 15.1. The van der Waals surface area contributed by atoms with Crippen molar-refractivity contribution in [2.24, 2.45) is 0 Å². The van der Waals surface area contributed by atoms with Gasteiger partial charge >= 0.3 is 24.7 Å². The number of alkyl halides is 6. The summed E-state index contributed by atoms with van der Waals surface area (Å²) >= 11 is 0. The molecule has 36 heavy (non-hydrogen) atoms. The van der Waals surface area contributed by atoms with Crippen LogP contribution in [0.4, 0.5) is 26.3 Å². The van der Waals surface area contributed by atoms with Gasteiger partial charge in [0.25, 0.3) is 0 Å². The van der Waals surface area contributed by atoms with Gasteiger partial charge in [0.2, 0.25) is 0 Å². The Morgan fingerprint density at radius 1 is 0.556 bits per heavy atom. The molecule has 11 heteroatoms. The lowest BCUT2D eigenvalue weighted by atomic mass is 9.93. The topological polar surface area (TPSA) is 69.7 Å². The summed E-state index contributed by atoms with van der Waals surface area (Å²) in [6.07, 6.45) is -11.2. The first-order valence-electron chi connectivity index (χ1n) is 10.1. The van der Waals surface area contributed by atoms with Crippen LogP contribution in [0.5, 0.6) is 0 Å². The minimum atomic E-state index is -5.60. The Morgan fingerprint density at radius 3 is 1.58 bits per heavy atom. The highest BCUT2D eigenvalue weighted by Crippen LogP contribution is 2.52. The monoisotopic (exact) mass is 504 g/mol. The highest BCUT2D eigenvalue weighted by atomic mass is 19.4. The Hall–Kier alpha value is -4.41. The molecule has 5 nitrogen and oxygen atoms in total. The molecule has 2 aliphatic rings. The molecule has 0 unspecified atom stereocenters. The van der Waals surface area contributed by atoms with Crippen molar-refractivity contribution in [1.82, 2.24) is 0 Å². The zero-order valence-electron chi connectivity index (χ0n) is 17.6. The fourth-order valence-electron chi connectivity index (χ4n) is 4.53. The van der Waals surface area contributed by atoms with Crippen molar-refractivity contribution >= 4 is 23.3 Å². The molecule has 0 bridgehead atoms. The van der Waals surface area contributed by atoms with E-state index in [9.17, 15) is 40.7 Å². The normalized spacial score (nSPS) is 13.5. The van der Waals surface area contributed by atoms with Gasteiger partial charge in [-0.1, -0.05) is 60.7 Å². The molecule has 0 atom stereocenters. The molecule has 0 heterocycles. The van der Waals surface area contributed by atoms with Crippen molar-refractivity contribution < 1.29 is 50.2 Å². The molecule has 5 rings (SSSR count). The van der Waals surface area contributed by atoms with Crippen LogP contribution in [0.1, 0.15) is 27.0 Å². The molecule has 3 aromatic rings. The summed E-state index contributed by atoms with van der Waals surface area (Å²) in [6.45, 7) is 0. The maximum absolute atomic E-state index is 13.3. The lowest BCUT2D eigenvalue weighted by molar-refractivity contribution is -0.306. The number of ether oxygens (including phenoxy) is 2. The van der Waals surface area contributed by atoms with Crippen molar-refractivity contribution in [1.29, 1.82) is 0 Å². The highest BCUT2D eigenvalue weighted by molar-refractivity contribution is 6.30. The van der Waals surface area contributed by atoms with E-state index in [1.54, 1.807) is 24.3 Å². The van der Waals surface area contributed by atoms with E-state index < -0.39 is 41.6 Å². The van der Waals surface area contributed by atoms with Crippen LogP contribution in [0.25, 0.3) is 27.8 Å². The fourth-order valence-corrected chi connectivity index (χ4v) is 4.53. The van der Waals surface area contributed by atoms with Gasteiger partial charge in [0, 0.05) is 22.3 Å². The number of carbonyl (C=O) groups excluding carboxylic acids is 3. The molecule has 0 amide bonds. The van der Waals surface area contributed by atoms with Crippen molar-refractivity contribution in [2.45, 2.75) is 12.7 Å². The maximum atomic E-state index is 13.3. The van der Waals surface area contributed by atoms with E-state index in [4.69, 9.17) is 0 Å². The zero-order chi connectivity index (χ0) is 26.0. The molecule has 3 aromatic carbocycles. The lowest BCUT2D eigenvalue weighted by Crippen LogP contribution is -2.29. The van der Waals surface area contributed by atoms with Gasteiger partial charge in [-0.15, -0.1) is 26.3 Å². The first kappa shape index (κ1) is 23.3. The highest BCUT2D eigenvalue weighted by Gasteiger charge is 2.45. The second-order valence-electron chi connectivity index (χ2n) is 7.75. The molecule has 2 aliphatic carbocycles. The number of ketones is 1. The Morgan fingerprint density at radius 2 is 1.03 bits per heavy atom.